The summed E-state index contributed by atoms with van der Waals surface area (Å²) >= 11 is 0. The highest BCUT2D eigenvalue weighted by atomic mass is 16.2. The van der Waals surface area contributed by atoms with Gasteiger partial charge in [-0.3, -0.25) is 4.79 Å². The van der Waals surface area contributed by atoms with E-state index in [1.54, 1.807) is 0 Å². The molecule has 1 aromatic heterocycles. The zero-order chi connectivity index (χ0) is 10.3. The number of imidazole rings is 1. The van der Waals surface area contributed by atoms with Crippen molar-refractivity contribution in [3.05, 3.63) is 18.2 Å². The van der Waals surface area contributed by atoms with Crippen LogP contribution in [-0.4, -0.2) is 21.5 Å². The number of carbonyl (C=O) groups is 1. The molecule has 1 saturated carbocycles. The number of carbonyl (C=O) groups excluding carboxylic acids is 1. The van der Waals surface area contributed by atoms with Gasteiger partial charge in [0.2, 0.25) is 5.91 Å². The standard InChI is InChI=1S/C11H15N3O/c15-11(13-9-1-2-9)8-3-4-14-7-12-6-10(14)5-8/h6-9H,1-5H2,(H,13,15). The average Bonchev–Trinajstić information content (AvgIpc) is 2.94. The molecule has 0 spiro atoms. The fourth-order valence-corrected chi connectivity index (χ4v) is 2.14. The first kappa shape index (κ1) is 8.95. The summed E-state index contributed by atoms with van der Waals surface area (Å²) in [6.45, 7) is 0.929. The minimum Gasteiger partial charge on any atom is -0.353 e. The number of aromatic nitrogens is 2. The molecule has 0 radical (unpaired) electrons. The average molecular weight is 205 g/mol. The van der Waals surface area contributed by atoms with Gasteiger partial charge in [-0.2, -0.15) is 0 Å². The Morgan fingerprint density at radius 1 is 1.47 bits per heavy atom. The van der Waals surface area contributed by atoms with Crippen LogP contribution in [0.15, 0.2) is 12.5 Å². The van der Waals surface area contributed by atoms with E-state index in [0.717, 1.165) is 32.2 Å². The molecule has 1 unspecified atom stereocenters. The predicted molar refractivity (Wildman–Crippen MR) is 55.2 cm³/mol. The van der Waals surface area contributed by atoms with Crippen molar-refractivity contribution in [2.24, 2.45) is 5.92 Å². The minimum atomic E-state index is 0.162. The lowest BCUT2D eigenvalue weighted by atomic mass is 9.95. The number of aryl methyl sites for hydroxylation is 1. The number of amides is 1. The van der Waals surface area contributed by atoms with Crippen LogP contribution in [0.4, 0.5) is 0 Å². The van der Waals surface area contributed by atoms with Gasteiger partial charge in [0.05, 0.1) is 6.33 Å². The van der Waals surface area contributed by atoms with Crippen molar-refractivity contribution in [3.63, 3.8) is 0 Å². The molecule has 1 N–H and O–H groups in total. The quantitative estimate of drug-likeness (QED) is 0.773. The zero-order valence-corrected chi connectivity index (χ0v) is 8.65. The highest BCUT2D eigenvalue weighted by Gasteiger charge is 2.29. The Kier molecular flexibility index (Phi) is 2.01. The van der Waals surface area contributed by atoms with Crippen LogP contribution < -0.4 is 5.32 Å². The van der Waals surface area contributed by atoms with E-state index in [2.05, 4.69) is 14.9 Å². The summed E-state index contributed by atoms with van der Waals surface area (Å²) in [5.74, 6) is 0.403. The van der Waals surface area contributed by atoms with Crippen molar-refractivity contribution in [1.29, 1.82) is 0 Å². The molecule has 4 heteroatoms. The second-order valence-corrected chi connectivity index (χ2v) is 4.55. The molecule has 0 aromatic carbocycles. The second-order valence-electron chi connectivity index (χ2n) is 4.55. The molecule has 0 bridgehead atoms. The maximum absolute atomic E-state index is 11.8. The van der Waals surface area contributed by atoms with Crippen LogP contribution in [0.25, 0.3) is 0 Å². The Hall–Kier alpha value is -1.32. The van der Waals surface area contributed by atoms with Gasteiger partial charge in [0.25, 0.3) is 0 Å². The molecule has 1 aromatic rings. The molecule has 3 rings (SSSR count). The summed E-state index contributed by atoms with van der Waals surface area (Å²) in [6.07, 6.45) is 7.84. The summed E-state index contributed by atoms with van der Waals surface area (Å²) in [7, 11) is 0. The molecule has 4 nitrogen and oxygen atoms in total. The molecule has 2 heterocycles. The van der Waals surface area contributed by atoms with Crippen LogP contribution in [0.1, 0.15) is 25.0 Å². The molecule has 15 heavy (non-hydrogen) atoms. The molecule has 1 fully saturated rings. The van der Waals surface area contributed by atoms with Gasteiger partial charge in [0, 0.05) is 36.8 Å². The minimum absolute atomic E-state index is 0.162. The smallest absolute Gasteiger partial charge is 0.223 e. The SMILES string of the molecule is O=C(NC1CC1)C1CCn2cncc2C1. The van der Waals surface area contributed by atoms with Gasteiger partial charge in [0.1, 0.15) is 0 Å². The highest BCUT2D eigenvalue weighted by molar-refractivity contribution is 5.79. The third-order valence-corrected chi connectivity index (χ3v) is 3.27. The van der Waals surface area contributed by atoms with E-state index in [1.165, 1.54) is 5.69 Å². The largest absolute Gasteiger partial charge is 0.353 e. The molecule has 2 aliphatic rings. The Morgan fingerprint density at radius 2 is 2.33 bits per heavy atom. The lowest BCUT2D eigenvalue weighted by Gasteiger charge is -2.22. The van der Waals surface area contributed by atoms with Gasteiger partial charge in [-0.15, -0.1) is 0 Å². The lowest BCUT2D eigenvalue weighted by Crippen LogP contribution is -2.36. The zero-order valence-electron chi connectivity index (χ0n) is 8.65. The van der Waals surface area contributed by atoms with E-state index in [-0.39, 0.29) is 11.8 Å². The number of nitrogens with one attached hydrogen (secondary N) is 1. The van der Waals surface area contributed by atoms with E-state index in [4.69, 9.17) is 0 Å². The summed E-state index contributed by atoms with van der Waals surface area (Å²) in [5.41, 5.74) is 1.19. The second kappa shape index (κ2) is 3.36. The third-order valence-electron chi connectivity index (χ3n) is 3.27. The van der Waals surface area contributed by atoms with Gasteiger partial charge in [-0.1, -0.05) is 0 Å². The molecule has 1 amide bonds. The van der Waals surface area contributed by atoms with Gasteiger partial charge >= 0.3 is 0 Å². The van der Waals surface area contributed by atoms with Gasteiger partial charge in [-0.05, 0) is 19.3 Å². The Bertz CT molecular complexity index is 381. The van der Waals surface area contributed by atoms with E-state index in [9.17, 15) is 4.79 Å². The Morgan fingerprint density at radius 3 is 3.13 bits per heavy atom. The van der Waals surface area contributed by atoms with Crippen LogP contribution >= 0.6 is 0 Å². The summed E-state index contributed by atoms with van der Waals surface area (Å²) in [4.78, 5) is 15.9. The van der Waals surface area contributed by atoms with E-state index in [1.807, 2.05) is 12.5 Å². The molecule has 1 aliphatic heterocycles. The fraction of sp³-hybridized carbons (Fsp3) is 0.636. The van der Waals surface area contributed by atoms with E-state index >= 15 is 0 Å². The predicted octanol–water partition coefficient (Wildman–Crippen LogP) is 0.724. The monoisotopic (exact) mass is 205 g/mol. The van der Waals surface area contributed by atoms with Crippen molar-refractivity contribution >= 4 is 5.91 Å². The molecule has 1 atom stereocenters. The van der Waals surface area contributed by atoms with Gasteiger partial charge in [0.15, 0.2) is 0 Å². The first-order chi connectivity index (χ1) is 7.33. The first-order valence-electron chi connectivity index (χ1n) is 5.62. The van der Waals surface area contributed by atoms with Crippen molar-refractivity contribution < 1.29 is 4.79 Å². The maximum atomic E-state index is 11.8. The van der Waals surface area contributed by atoms with Crippen LogP contribution in [0.3, 0.4) is 0 Å². The molecular formula is C11H15N3O. The number of nitrogens with zero attached hydrogens (tertiary/aromatic N) is 2. The third kappa shape index (κ3) is 1.76. The van der Waals surface area contributed by atoms with Crippen LogP contribution in [0, 0.1) is 5.92 Å². The normalized spacial score (nSPS) is 24.7. The van der Waals surface area contributed by atoms with E-state index in [0.29, 0.717) is 6.04 Å². The van der Waals surface area contributed by atoms with Crippen LogP contribution in [0.5, 0.6) is 0 Å². The summed E-state index contributed by atoms with van der Waals surface area (Å²) in [6, 6.07) is 0.476. The number of fused-ring (bicyclic) bond motifs is 1. The van der Waals surface area contributed by atoms with Gasteiger partial charge in [-0.25, -0.2) is 4.98 Å². The first-order valence-corrected chi connectivity index (χ1v) is 5.62. The van der Waals surface area contributed by atoms with E-state index < -0.39 is 0 Å². The van der Waals surface area contributed by atoms with Crippen molar-refractivity contribution in [3.8, 4) is 0 Å². The molecule has 1 aliphatic carbocycles. The lowest BCUT2D eigenvalue weighted by molar-refractivity contribution is -0.125. The van der Waals surface area contributed by atoms with Crippen molar-refractivity contribution in [2.45, 2.75) is 38.3 Å². The Balaban J connectivity index is 1.66. The summed E-state index contributed by atoms with van der Waals surface area (Å²) in [5, 5.41) is 3.08. The van der Waals surface area contributed by atoms with Gasteiger partial charge < -0.3 is 9.88 Å². The fourth-order valence-electron chi connectivity index (χ4n) is 2.14. The topological polar surface area (TPSA) is 46.9 Å². The highest BCUT2D eigenvalue weighted by Crippen LogP contribution is 2.23. The van der Waals surface area contributed by atoms with Crippen molar-refractivity contribution in [2.75, 3.05) is 0 Å². The van der Waals surface area contributed by atoms with Crippen LogP contribution in [0.2, 0.25) is 0 Å². The van der Waals surface area contributed by atoms with Crippen molar-refractivity contribution in [1.82, 2.24) is 14.9 Å². The molecule has 0 saturated heterocycles. The maximum Gasteiger partial charge on any atom is 0.223 e. The Labute approximate surface area is 88.7 Å². The van der Waals surface area contributed by atoms with Crippen LogP contribution in [-0.2, 0) is 17.8 Å². The summed E-state index contributed by atoms with van der Waals surface area (Å²) < 4.78 is 2.14. The molecule has 80 valence electrons. The molecular weight excluding hydrogens is 190 g/mol. The number of rotatable bonds is 2. The number of hydrogen-bond donors (Lipinski definition) is 1. The number of hydrogen-bond acceptors (Lipinski definition) is 2.